The summed E-state index contributed by atoms with van der Waals surface area (Å²) in [5, 5.41) is 12.5. The molecular formula is C24H31N5OS. The lowest BCUT2D eigenvalue weighted by molar-refractivity contribution is -0.113. The number of thioether (sulfide) groups is 1. The summed E-state index contributed by atoms with van der Waals surface area (Å²) in [6.45, 7) is 11.2. The fourth-order valence-corrected chi connectivity index (χ4v) is 4.37. The van der Waals surface area contributed by atoms with Gasteiger partial charge in [-0.3, -0.25) is 4.79 Å². The second-order valence-electron chi connectivity index (χ2n) is 7.12. The highest BCUT2D eigenvalue weighted by molar-refractivity contribution is 7.99. The number of carbonyl (C=O) groups excluding carboxylic acids is 1. The molecule has 0 atom stereocenters. The van der Waals surface area contributed by atoms with Crippen LogP contribution in [-0.4, -0.2) is 39.5 Å². The zero-order chi connectivity index (χ0) is 22.2. The lowest BCUT2D eigenvalue weighted by Gasteiger charge is -2.21. The van der Waals surface area contributed by atoms with Gasteiger partial charge in [0.25, 0.3) is 0 Å². The Morgan fingerprint density at radius 3 is 2.35 bits per heavy atom. The predicted octanol–water partition coefficient (Wildman–Crippen LogP) is 5.10. The van der Waals surface area contributed by atoms with E-state index in [2.05, 4.69) is 76.9 Å². The van der Waals surface area contributed by atoms with Crippen LogP contribution in [0.15, 0.2) is 53.7 Å². The Morgan fingerprint density at radius 2 is 1.71 bits per heavy atom. The Kier molecular flexibility index (Phi) is 8.12. The van der Waals surface area contributed by atoms with Crippen LogP contribution in [0.2, 0.25) is 0 Å². The van der Waals surface area contributed by atoms with Crippen molar-refractivity contribution in [3.63, 3.8) is 0 Å². The number of anilines is 2. The van der Waals surface area contributed by atoms with Gasteiger partial charge in [0.05, 0.1) is 5.75 Å². The number of nitrogens with zero attached hydrogens (tertiary/aromatic N) is 4. The summed E-state index contributed by atoms with van der Waals surface area (Å²) in [6, 6.07) is 16.3. The van der Waals surface area contributed by atoms with Crippen molar-refractivity contribution in [3.05, 3.63) is 54.1 Å². The molecule has 7 heteroatoms. The highest BCUT2D eigenvalue weighted by atomic mass is 32.2. The molecule has 3 aromatic rings. The third-order valence-electron chi connectivity index (χ3n) is 5.29. The van der Waals surface area contributed by atoms with Crippen LogP contribution in [-0.2, 0) is 17.8 Å². The summed E-state index contributed by atoms with van der Waals surface area (Å²) in [6.07, 6.45) is 0.879. The number of nitrogens with one attached hydrogen (secondary N) is 1. The molecule has 3 rings (SSSR count). The van der Waals surface area contributed by atoms with Gasteiger partial charge < -0.3 is 14.8 Å². The third kappa shape index (κ3) is 5.47. The summed E-state index contributed by atoms with van der Waals surface area (Å²) in [7, 11) is 0. The molecule has 0 aliphatic rings. The van der Waals surface area contributed by atoms with E-state index in [-0.39, 0.29) is 11.7 Å². The van der Waals surface area contributed by atoms with Crippen LogP contribution < -0.4 is 10.2 Å². The van der Waals surface area contributed by atoms with Crippen molar-refractivity contribution in [1.82, 2.24) is 14.8 Å². The molecule has 1 N–H and O–H groups in total. The maximum absolute atomic E-state index is 12.5. The fourth-order valence-electron chi connectivity index (χ4n) is 3.57. The topological polar surface area (TPSA) is 63.1 Å². The summed E-state index contributed by atoms with van der Waals surface area (Å²) < 4.78 is 2.06. The predicted molar refractivity (Wildman–Crippen MR) is 130 cm³/mol. The second kappa shape index (κ2) is 11.0. The Bertz CT molecular complexity index is 995. The Morgan fingerprint density at radius 1 is 1.00 bits per heavy atom. The first-order valence-electron chi connectivity index (χ1n) is 10.9. The summed E-state index contributed by atoms with van der Waals surface area (Å²) in [5.41, 5.74) is 4.24. The quantitative estimate of drug-likeness (QED) is 0.447. The molecule has 0 aliphatic carbocycles. The lowest BCUT2D eigenvalue weighted by Crippen LogP contribution is -2.21. The number of para-hydroxylation sites is 1. The van der Waals surface area contributed by atoms with E-state index in [1.807, 2.05) is 24.3 Å². The zero-order valence-electron chi connectivity index (χ0n) is 18.8. The van der Waals surface area contributed by atoms with Crippen molar-refractivity contribution >= 4 is 29.0 Å². The van der Waals surface area contributed by atoms with Crippen LogP contribution in [0.5, 0.6) is 0 Å². The van der Waals surface area contributed by atoms with Gasteiger partial charge in [-0.2, -0.15) is 0 Å². The van der Waals surface area contributed by atoms with Crippen molar-refractivity contribution in [2.24, 2.45) is 0 Å². The maximum Gasteiger partial charge on any atom is 0.234 e. The molecule has 6 nitrogen and oxygen atoms in total. The van der Waals surface area contributed by atoms with Crippen molar-refractivity contribution in [2.45, 2.75) is 45.8 Å². The minimum Gasteiger partial charge on any atom is -0.372 e. The molecule has 0 radical (unpaired) electrons. The SMILES string of the molecule is CCc1ccccc1NC(=O)CSc1nnc(-c2ccc(N(CC)CC)cc2)n1CC. The number of aromatic nitrogens is 3. The molecule has 2 aromatic carbocycles. The Hall–Kier alpha value is -2.80. The van der Waals surface area contributed by atoms with Crippen LogP contribution in [0.1, 0.15) is 33.3 Å². The molecular weight excluding hydrogens is 406 g/mol. The maximum atomic E-state index is 12.5. The number of amides is 1. The lowest BCUT2D eigenvalue weighted by atomic mass is 10.1. The van der Waals surface area contributed by atoms with Gasteiger partial charge in [0.2, 0.25) is 5.91 Å². The largest absolute Gasteiger partial charge is 0.372 e. The summed E-state index contributed by atoms with van der Waals surface area (Å²) in [5.74, 6) is 1.08. The van der Waals surface area contributed by atoms with Crippen molar-refractivity contribution in [3.8, 4) is 11.4 Å². The summed E-state index contributed by atoms with van der Waals surface area (Å²) >= 11 is 1.41. The molecule has 0 unspecified atom stereocenters. The van der Waals surface area contributed by atoms with E-state index < -0.39 is 0 Å². The first-order valence-corrected chi connectivity index (χ1v) is 11.9. The first kappa shape index (κ1) is 22.9. The van der Waals surface area contributed by atoms with Crippen molar-refractivity contribution in [2.75, 3.05) is 29.1 Å². The number of rotatable bonds is 10. The van der Waals surface area contributed by atoms with Gasteiger partial charge in [0.15, 0.2) is 11.0 Å². The molecule has 1 aromatic heterocycles. The normalized spacial score (nSPS) is 10.8. The first-order chi connectivity index (χ1) is 15.1. The number of carbonyl (C=O) groups is 1. The fraction of sp³-hybridized carbons (Fsp3) is 0.375. The van der Waals surface area contributed by atoms with Gasteiger partial charge in [0, 0.05) is 36.6 Å². The second-order valence-corrected chi connectivity index (χ2v) is 8.06. The number of hydrogen-bond donors (Lipinski definition) is 1. The van der Waals surface area contributed by atoms with E-state index in [1.54, 1.807) is 0 Å². The molecule has 0 bridgehead atoms. The molecule has 0 saturated carbocycles. The number of aryl methyl sites for hydroxylation is 1. The molecule has 0 aliphatic heterocycles. The smallest absolute Gasteiger partial charge is 0.234 e. The zero-order valence-corrected chi connectivity index (χ0v) is 19.6. The van der Waals surface area contributed by atoms with Gasteiger partial charge in [0.1, 0.15) is 0 Å². The van der Waals surface area contributed by atoms with Crippen LogP contribution in [0.4, 0.5) is 11.4 Å². The van der Waals surface area contributed by atoms with Gasteiger partial charge in [-0.25, -0.2) is 0 Å². The minimum absolute atomic E-state index is 0.0401. The minimum atomic E-state index is -0.0401. The highest BCUT2D eigenvalue weighted by Crippen LogP contribution is 2.26. The molecule has 1 amide bonds. The average Bonchev–Trinajstić information content (AvgIpc) is 3.22. The Labute approximate surface area is 189 Å². The molecule has 0 spiro atoms. The van der Waals surface area contributed by atoms with E-state index >= 15 is 0 Å². The molecule has 1 heterocycles. The molecule has 0 saturated heterocycles. The van der Waals surface area contributed by atoms with Crippen molar-refractivity contribution in [1.29, 1.82) is 0 Å². The standard InChI is InChI=1S/C24H31N5OS/c1-5-18-11-9-10-12-21(18)25-22(30)17-31-24-27-26-23(29(24)8-4)19-13-15-20(16-14-19)28(6-2)7-3/h9-16H,5-8,17H2,1-4H3,(H,25,30). The van der Waals surface area contributed by atoms with E-state index in [0.29, 0.717) is 0 Å². The Balaban J connectivity index is 1.69. The molecule has 31 heavy (non-hydrogen) atoms. The van der Waals surface area contributed by atoms with Gasteiger partial charge in [-0.1, -0.05) is 36.9 Å². The van der Waals surface area contributed by atoms with E-state index in [9.17, 15) is 4.79 Å². The summed E-state index contributed by atoms with van der Waals surface area (Å²) in [4.78, 5) is 14.8. The van der Waals surface area contributed by atoms with Crippen LogP contribution in [0, 0.1) is 0 Å². The van der Waals surface area contributed by atoms with Crippen molar-refractivity contribution < 1.29 is 4.79 Å². The number of hydrogen-bond acceptors (Lipinski definition) is 5. The monoisotopic (exact) mass is 437 g/mol. The van der Waals surface area contributed by atoms with Gasteiger partial charge >= 0.3 is 0 Å². The van der Waals surface area contributed by atoms with Crippen LogP contribution >= 0.6 is 11.8 Å². The van der Waals surface area contributed by atoms with E-state index in [0.717, 1.165) is 53.9 Å². The highest BCUT2D eigenvalue weighted by Gasteiger charge is 2.15. The van der Waals surface area contributed by atoms with Crippen LogP contribution in [0.25, 0.3) is 11.4 Å². The molecule has 0 fully saturated rings. The molecule has 164 valence electrons. The van der Waals surface area contributed by atoms with Crippen LogP contribution in [0.3, 0.4) is 0 Å². The van der Waals surface area contributed by atoms with Gasteiger partial charge in [-0.05, 0) is 63.1 Å². The number of benzene rings is 2. The van der Waals surface area contributed by atoms with E-state index in [4.69, 9.17) is 0 Å². The van der Waals surface area contributed by atoms with E-state index in [1.165, 1.54) is 17.4 Å². The average molecular weight is 438 g/mol. The third-order valence-corrected chi connectivity index (χ3v) is 6.26. The van der Waals surface area contributed by atoms with Gasteiger partial charge in [-0.15, -0.1) is 10.2 Å².